The van der Waals surface area contributed by atoms with Gasteiger partial charge < -0.3 is 5.32 Å². The normalized spacial score (nSPS) is 12.6. The Hall–Kier alpha value is -0.770. The molecule has 74 valence electrons. The Morgan fingerprint density at radius 2 is 2.08 bits per heavy atom. The van der Waals surface area contributed by atoms with Crippen molar-refractivity contribution in [1.29, 1.82) is 5.41 Å². The summed E-state index contributed by atoms with van der Waals surface area (Å²) in [5.41, 5.74) is 0.395. The fourth-order valence-electron chi connectivity index (χ4n) is 0.457. The van der Waals surface area contributed by atoms with Gasteiger partial charge in [0, 0.05) is 11.8 Å². The minimum Gasteiger partial charge on any atom is -0.394 e. The van der Waals surface area contributed by atoms with Gasteiger partial charge in [-0.25, -0.2) is 4.40 Å². The van der Waals surface area contributed by atoms with Gasteiger partial charge in [0.15, 0.2) is 0 Å². The molecule has 0 spiro atoms. The third kappa shape index (κ3) is 9.14. The van der Waals surface area contributed by atoms with Gasteiger partial charge in [0.1, 0.15) is 0 Å². The monoisotopic (exact) mass is 199 g/mol. The highest BCUT2D eigenvalue weighted by Gasteiger charge is 2.08. The molecule has 0 atom stereocenters. The van der Waals surface area contributed by atoms with Gasteiger partial charge in [-0.3, -0.25) is 5.41 Å². The number of nitrogens with zero attached hydrogens (tertiary/aromatic N) is 1. The van der Waals surface area contributed by atoms with Crippen molar-refractivity contribution in [3.05, 3.63) is 12.3 Å². The standard InChI is InChI=1S/C9H17N3S/c1-9(2,3)13-12-7-8(10)5-6-11-4/h5-7,10-11H,1-4H3/b6-5-,10-8?,12-7+. The molecule has 4 heteroatoms. The Morgan fingerprint density at radius 1 is 1.46 bits per heavy atom. The predicted molar refractivity (Wildman–Crippen MR) is 61.8 cm³/mol. The highest BCUT2D eigenvalue weighted by molar-refractivity contribution is 7.99. The van der Waals surface area contributed by atoms with Crippen molar-refractivity contribution in [2.45, 2.75) is 25.5 Å². The van der Waals surface area contributed by atoms with Gasteiger partial charge in [0.2, 0.25) is 0 Å². The molecule has 0 aromatic rings. The zero-order chi connectivity index (χ0) is 10.3. The molecule has 3 nitrogen and oxygen atoms in total. The summed E-state index contributed by atoms with van der Waals surface area (Å²) in [6, 6.07) is 0. The summed E-state index contributed by atoms with van der Waals surface area (Å²) in [5.74, 6) is 0. The summed E-state index contributed by atoms with van der Waals surface area (Å²) in [6.07, 6.45) is 4.91. The molecule has 0 heterocycles. The van der Waals surface area contributed by atoms with E-state index in [4.69, 9.17) is 5.41 Å². The second-order valence-corrected chi connectivity index (χ2v) is 5.13. The number of hydrogen-bond donors (Lipinski definition) is 2. The molecule has 0 fully saturated rings. The zero-order valence-corrected chi connectivity index (χ0v) is 9.40. The van der Waals surface area contributed by atoms with Crippen molar-refractivity contribution in [1.82, 2.24) is 5.32 Å². The van der Waals surface area contributed by atoms with Gasteiger partial charge in [-0.15, -0.1) is 0 Å². The summed E-state index contributed by atoms with van der Waals surface area (Å²) < 4.78 is 4.20. The van der Waals surface area contributed by atoms with Crippen molar-refractivity contribution in [3.8, 4) is 0 Å². The molecule has 0 bridgehead atoms. The zero-order valence-electron chi connectivity index (χ0n) is 8.59. The summed E-state index contributed by atoms with van der Waals surface area (Å²) in [4.78, 5) is 0. The fraction of sp³-hybridized carbons (Fsp3) is 0.556. The molecule has 2 N–H and O–H groups in total. The van der Waals surface area contributed by atoms with Crippen molar-refractivity contribution in [2.24, 2.45) is 4.40 Å². The molecule has 0 unspecified atom stereocenters. The molecule has 0 radical (unpaired) electrons. The minimum atomic E-state index is 0.115. The highest BCUT2D eigenvalue weighted by Crippen LogP contribution is 2.23. The Bertz CT molecular complexity index is 213. The summed E-state index contributed by atoms with van der Waals surface area (Å²) in [6.45, 7) is 6.26. The average molecular weight is 199 g/mol. The highest BCUT2D eigenvalue weighted by atomic mass is 32.2. The van der Waals surface area contributed by atoms with E-state index in [1.54, 1.807) is 25.5 Å². The maximum Gasteiger partial charge on any atom is 0.0743 e. The Labute approximate surface area is 84.4 Å². The van der Waals surface area contributed by atoms with Crippen LogP contribution in [0, 0.1) is 5.41 Å². The summed E-state index contributed by atoms with van der Waals surface area (Å²) in [7, 11) is 1.80. The molecule has 0 aliphatic rings. The lowest BCUT2D eigenvalue weighted by atomic mass is 10.3. The van der Waals surface area contributed by atoms with E-state index < -0.39 is 0 Å². The van der Waals surface area contributed by atoms with Crippen LogP contribution in [0.15, 0.2) is 16.7 Å². The fourth-order valence-corrected chi connectivity index (χ4v) is 0.940. The predicted octanol–water partition coefficient (Wildman–Crippen LogP) is 2.26. The summed E-state index contributed by atoms with van der Waals surface area (Å²) >= 11 is 1.47. The van der Waals surface area contributed by atoms with Gasteiger partial charge in [0.25, 0.3) is 0 Å². The van der Waals surface area contributed by atoms with Crippen molar-refractivity contribution in [3.63, 3.8) is 0 Å². The first kappa shape index (κ1) is 12.2. The van der Waals surface area contributed by atoms with Crippen LogP contribution in [0.2, 0.25) is 0 Å². The number of nitrogens with one attached hydrogen (secondary N) is 2. The average Bonchev–Trinajstić information content (AvgIpc) is 1.98. The lowest BCUT2D eigenvalue weighted by Crippen LogP contribution is -2.05. The molecular weight excluding hydrogens is 182 g/mol. The largest absolute Gasteiger partial charge is 0.394 e. The molecule has 0 aliphatic carbocycles. The molecule has 0 rings (SSSR count). The Balaban J connectivity index is 3.86. The maximum absolute atomic E-state index is 7.41. The van der Waals surface area contributed by atoms with E-state index in [-0.39, 0.29) is 4.75 Å². The van der Waals surface area contributed by atoms with E-state index in [1.807, 2.05) is 0 Å². The topological polar surface area (TPSA) is 48.2 Å². The first-order chi connectivity index (χ1) is 5.95. The molecule has 0 aromatic carbocycles. The smallest absolute Gasteiger partial charge is 0.0743 e. The van der Waals surface area contributed by atoms with Crippen LogP contribution in [-0.2, 0) is 0 Å². The Kier molecular flexibility index (Phi) is 5.46. The van der Waals surface area contributed by atoms with E-state index in [1.165, 1.54) is 11.9 Å². The van der Waals surface area contributed by atoms with Crippen LogP contribution >= 0.6 is 11.9 Å². The molecule has 13 heavy (non-hydrogen) atoms. The lowest BCUT2D eigenvalue weighted by Gasteiger charge is -2.11. The number of hydrogen-bond acceptors (Lipinski definition) is 4. The van der Waals surface area contributed by atoms with Crippen LogP contribution in [0.3, 0.4) is 0 Å². The molecule has 0 amide bonds. The number of rotatable bonds is 4. The van der Waals surface area contributed by atoms with E-state index in [9.17, 15) is 0 Å². The quantitative estimate of drug-likeness (QED) is 0.539. The van der Waals surface area contributed by atoms with E-state index in [0.29, 0.717) is 5.71 Å². The lowest BCUT2D eigenvalue weighted by molar-refractivity contribution is 0.804. The van der Waals surface area contributed by atoms with E-state index in [2.05, 4.69) is 30.5 Å². The van der Waals surface area contributed by atoms with Crippen LogP contribution < -0.4 is 5.32 Å². The van der Waals surface area contributed by atoms with Crippen LogP contribution in [0.5, 0.6) is 0 Å². The first-order valence-corrected chi connectivity index (χ1v) is 4.87. The van der Waals surface area contributed by atoms with Crippen molar-refractivity contribution >= 4 is 23.9 Å². The first-order valence-electron chi connectivity index (χ1n) is 4.09. The minimum absolute atomic E-state index is 0.115. The second-order valence-electron chi connectivity index (χ2n) is 3.52. The third-order valence-corrected chi connectivity index (χ3v) is 1.71. The number of allylic oxidation sites excluding steroid dienone is 1. The Morgan fingerprint density at radius 3 is 2.54 bits per heavy atom. The van der Waals surface area contributed by atoms with E-state index >= 15 is 0 Å². The molecule has 0 aliphatic heterocycles. The van der Waals surface area contributed by atoms with Gasteiger partial charge in [-0.2, -0.15) is 0 Å². The third-order valence-electron chi connectivity index (χ3n) is 0.948. The van der Waals surface area contributed by atoms with Gasteiger partial charge in [-0.05, 0) is 45.0 Å². The van der Waals surface area contributed by atoms with Crippen LogP contribution in [0.25, 0.3) is 0 Å². The molecular formula is C9H17N3S. The second kappa shape index (κ2) is 5.80. The maximum atomic E-state index is 7.41. The molecule has 0 aromatic heterocycles. The molecule has 0 saturated carbocycles. The van der Waals surface area contributed by atoms with Crippen molar-refractivity contribution in [2.75, 3.05) is 7.05 Å². The van der Waals surface area contributed by atoms with Crippen LogP contribution in [0.4, 0.5) is 0 Å². The van der Waals surface area contributed by atoms with Crippen molar-refractivity contribution < 1.29 is 0 Å². The summed E-state index contributed by atoms with van der Waals surface area (Å²) in [5, 5.41) is 10.2. The van der Waals surface area contributed by atoms with Gasteiger partial charge in [-0.1, -0.05) is 0 Å². The molecule has 0 saturated heterocycles. The van der Waals surface area contributed by atoms with E-state index in [0.717, 1.165) is 0 Å². The van der Waals surface area contributed by atoms with Gasteiger partial charge >= 0.3 is 0 Å². The van der Waals surface area contributed by atoms with Crippen LogP contribution in [0.1, 0.15) is 20.8 Å². The SMILES string of the molecule is CN/C=C\C(=N)/C=N/SC(C)(C)C. The van der Waals surface area contributed by atoms with Crippen LogP contribution in [-0.4, -0.2) is 23.7 Å². The van der Waals surface area contributed by atoms with Gasteiger partial charge in [0.05, 0.1) is 11.9 Å².